The Labute approximate surface area is 130 Å². The fourth-order valence-electron chi connectivity index (χ4n) is 2.32. The van der Waals surface area contributed by atoms with Crippen molar-refractivity contribution in [2.75, 3.05) is 5.32 Å². The van der Waals surface area contributed by atoms with Crippen molar-refractivity contribution in [3.63, 3.8) is 0 Å². The van der Waals surface area contributed by atoms with Crippen molar-refractivity contribution >= 4 is 22.4 Å². The topological polar surface area (TPSA) is 97.1 Å². The van der Waals surface area contributed by atoms with Crippen molar-refractivity contribution in [1.29, 1.82) is 0 Å². The van der Waals surface area contributed by atoms with Gasteiger partial charge in [0.1, 0.15) is 17.3 Å². The number of aromatic nitrogens is 3. The van der Waals surface area contributed by atoms with E-state index >= 15 is 0 Å². The third kappa shape index (κ3) is 3.01. The molecule has 1 fully saturated rings. The van der Waals surface area contributed by atoms with Gasteiger partial charge in [0.05, 0.1) is 0 Å². The number of anilines is 1. The van der Waals surface area contributed by atoms with E-state index in [9.17, 15) is 14.7 Å². The number of aromatic hydroxyl groups is 1. The maximum absolute atomic E-state index is 12.0. The molecule has 0 spiro atoms. The molecular weight excluding hydrogens is 304 g/mol. The van der Waals surface area contributed by atoms with E-state index in [4.69, 9.17) is 0 Å². The second kappa shape index (κ2) is 5.88. The van der Waals surface area contributed by atoms with Crippen molar-refractivity contribution in [3.05, 3.63) is 33.2 Å². The summed E-state index contributed by atoms with van der Waals surface area (Å²) in [7, 11) is 0. The lowest BCUT2D eigenvalue weighted by atomic mass is 9.86. The summed E-state index contributed by atoms with van der Waals surface area (Å²) in [6.07, 6.45) is 3.48. The van der Waals surface area contributed by atoms with Crippen LogP contribution in [0.4, 0.5) is 5.13 Å². The highest BCUT2D eigenvalue weighted by Gasteiger charge is 2.23. The van der Waals surface area contributed by atoms with Gasteiger partial charge in [-0.1, -0.05) is 17.8 Å². The van der Waals surface area contributed by atoms with Crippen molar-refractivity contribution in [2.45, 2.75) is 38.6 Å². The number of rotatable bonds is 4. The number of carbonyl (C=O) groups is 1. The van der Waals surface area contributed by atoms with Crippen LogP contribution < -0.4 is 10.9 Å². The van der Waals surface area contributed by atoms with Gasteiger partial charge in [0, 0.05) is 17.7 Å². The maximum atomic E-state index is 12.0. The van der Waals surface area contributed by atoms with E-state index in [-0.39, 0.29) is 18.2 Å². The summed E-state index contributed by atoms with van der Waals surface area (Å²) in [5, 5.41) is 21.5. The SMILES string of the molecule is Cc1cc(O)cc(=O)n1CC(=O)Nc1nnc(C2CCC2)s1. The highest BCUT2D eigenvalue weighted by Crippen LogP contribution is 2.38. The molecule has 0 bridgehead atoms. The predicted octanol–water partition coefficient (Wildman–Crippen LogP) is 1.62. The first-order valence-corrected chi connectivity index (χ1v) is 7.88. The molecule has 0 unspecified atom stereocenters. The molecule has 0 saturated heterocycles. The zero-order valence-electron chi connectivity index (χ0n) is 12.1. The van der Waals surface area contributed by atoms with E-state index < -0.39 is 5.56 Å². The van der Waals surface area contributed by atoms with Gasteiger partial charge in [-0.3, -0.25) is 14.9 Å². The average molecular weight is 320 g/mol. The molecule has 8 heteroatoms. The minimum Gasteiger partial charge on any atom is -0.508 e. The molecular formula is C14H16N4O3S. The first-order valence-electron chi connectivity index (χ1n) is 7.06. The molecule has 0 atom stereocenters. The summed E-state index contributed by atoms with van der Waals surface area (Å²) >= 11 is 1.38. The van der Waals surface area contributed by atoms with E-state index in [2.05, 4.69) is 15.5 Å². The second-order valence-corrected chi connectivity index (χ2v) is 6.41. The Morgan fingerprint density at radius 3 is 2.86 bits per heavy atom. The van der Waals surface area contributed by atoms with Crippen LogP contribution in [0.2, 0.25) is 0 Å². The molecule has 2 aromatic rings. The van der Waals surface area contributed by atoms with Gasteiger partial charge in [0.15, 0.2) is 0 Å². The van der Waals surface area contributed by atoms with Gasteiger partial charge in [0.25, 0.3) is 5.56 Å². The second-order valence-electron chi connectivity index (χ2n) is 5.40. The molecule has 1 aliphatic rings. The van der Waals surface area contributed by atoms with Gasteiger partial charge in [-0.2, -0.15) is 0 Å². The van der Waals surface area contributed by atoms with Gasteiger partial charge in [-0.05, 0) is 25.8 Å². The van der Waals surface area contributed by atoms with E-state index in [0.29, 0.717) is 16.7 Å². The van der Waals surface area contributed by atoms with Gasteiger partial charge in [-0.15, -0.1) is 10.2 Å². The van der Waals surface area contributed by atoms with Gasteiger partial charge in [0.2, 0.25) is 11.0 Å². The van der Waals surface area contributed by atoms with Crippen LogP contribution in [-0.4, -0.2) is 25.8 Å². The van der Waals surface area contributed by atoms with Gasteiger partial charge < -0.3 is 9.67 Å². The summed E-state index contributed by atoms with van der Waals surface area (Å²) in [6, 6.07) is 2.52. The van der Waals surface area contributed by atoms with Crippen LogP contribution in [0.1, 0.15) is 35.9 Å². The molecule has 116 valence electrons. The maximum Gasteiger partial charge on any atom is 0.254 e. The first-order chi connectivity index (χ1) is 10.5. The van der Waals surface area contributed by atoms with Crippen molar-refractivity contribution in [2.24, 2.45) is 0 Å². The van der Waals surface area contributed by atoms with Crippen LogP contribution in [0.3, 0.4) is 0 Å². The lowest BCUT2D eigenvalue weighted by Crippen LogP contribution is -2.28. The van der Waals surface area contributed by atoms with Crippen molar-refractivity contribution < 1.29 is 9.90 Å². The third-order valence-electron chi connectivity index (χ3n) is 3.76. The van der Waals surface area contributed by atoms with Crippen LogP contribution in [0.15, 0.2) is 16.9 Å². The third-order valence-corrected chi connectivity index (χ3v) is 4.76. The Kier molecular flexibility index (Phi) is 3.93. The smallest absolute Gasteiger partial charge is 0.254 e. The largest absolute Gasteiger partial charge is 0.508 e. The Morgan fingerprint density at radius 1 is 1.45 bits per heavy atom. The first kappa shape index (κ1) is 14.7. The quantitative estimate of drug-likeness (QED) is 0.892. The molecule has 0 radical (unpaired) electrons. The fraction of sp³-hybridized carbons (Fsp3) is 0.429. The number of pyridine rings is 1. The van der Waals surface area contributed by atoms with Crippen LogP contribution in [0.25, 0.3) is 0 Å². The van der Waals surface area contributed by atoms with Gasteiger partial charge >= 0.3 is 0 Å². The van der Waals surface area contributed by atoms with Crippen molar-refractivity contribution in [1.82, 2.24) is 14.8 Å². The van der Waals surface area contributed by atoms with Crippen LogP contribution >= 0.6 is 11.3 Å². The summed E-state index contributed by atoms with van der Waals surface area (Å²) in [6.45, 7) is 1.54. The fourth-order valence-corrected chi connectivity index (χ4v) is 3.25. The van der Waals surface area contributed by atoms with Crippen molar-refractivity contribution in [3.8, 4) is 5.75 Å². The number of carbonyl (C=O) groups excluding carboxylic acids is 1. The molecule has 1 aliphatic carbocycles. The molecule has 0 aliphatic heterocycles. The Morgan fingerprint density at radius 2 is 2.23 bits per heavy atom. The summed E-state index contributed by atoms with van der Waals surface area (Å²) < 4.78 is 1.29. The minimum atomic E-state index is -0.417. The summed E-state index contributed by atoms with van der Waals surface area (Å²) in [4.78, 5) is 23.8. The monoisotopic (exact) mass is 320 g/mol. The molecule has 7 nitrogen and oxygen atoms in total. The molecule has 3 rings (SSSR count). The van der Waals surface area contributed by atoms with E-state index in [1.807, 2.05) is 0 Å². The normalized spacial score (nSPS) is 14.6. The molecule has 2 heterocycles. The lowest BCUT2D eigenvalue weighted by molar-refractivity contribution is -0.116. The number of nitrogens with one attached hydrogen (secondary N) is 1. The zero-order chi connectivity index (χ0) is 15.7. The van der Waals surface area contributed by atoms with Crippen LogP contribution in [-0.2, 0) is 11.3 Å². The molecule has 1 amide bonds. The van der Waals surface area contributed by atoms with Crippen LogP contribution in [0, 0.1) is 6.92 Å². The summed E-state index contributed by atoms with van der Waals surface area (Å²) in [5.41, 5.74) is 0.104. The number of amides is 1. The van der Waals surface area contributed by atoms with E-state index in [1.165, 1.54) is 28.4 Å². The minimum absolute atomic E-state index is 0.103. The molecule has 2 aromatic heterocycles. The van der Waals surface area contributed by atoms with E-state index in [1.54, 1.807) is 6.92 Å². The molecule has 22 heavy (non-hydrogen) atoms. The van der Waals surface area contributed by atoms with Crippen LogP contribution in [0.5, 0.6) is 5.75 Å². The standard InChI is InChI=1S/C14H16N4O3S/c1-8-5-10(19)6-12(21)18(8)7-11(20)15-14-17-16-13(22-14)9-3-2-4-9/h5-6,9,19H,2-4,7H2,1H3,(H,15,17,20). The lowest BCUT2D eigenvalue weighted by Gasteiger charge is -2.21. The van der Waals surface area contributed by atoms with E-state index in [0.717, 1.165) is 23.9 Å². The summed E-state index contributed by atoms with van der Waals surface area (Å²) in [5.74, 6) is 0.0331. The predicted molar refractivity (Wildman–Crippen MR) is 82.2 cm³/mol. The Balaban J connectivity index is 1.67. The number of hydrogen-bond donors (Lipinski definition) is 2. The zero-order valence-corrected chi connectivity index (χ0v) is 12.9. The Bertz CT molecular complexity index is 764. The molecule has 1 saturated carbocycles. The molecule has 0 aromatic carbocycles. The number of nitrogens with zero attached hydrogens (tertiary/aromatic N) is 3. The molecule has 2 N–H and O–H groups in total. The highest BCUT2D eigenvalue weighted by atomic mass is 32.1. The Hall–Kier alpha value is -2.22. The number of hydrogen-bond acceptors (Lipinski definition) is 6. The van der Waals surface area contributed by atoms with Gasteiger partial charge in [-0.25, -0.2) is 0 Å². The highest BCUT2D eigenvalue weighted by molar-refractivity contribution is 7.15. The number of aryl methyl sites for hydroxylation is 1. The average Bonchev–Trinajstić information content (AvgIpc) is 2.79.